The van der Waals surface area contributed by atoms with E-state index in [1.54, 1.807) is 0 Å². The molecule has 0 aromatic heterocycles. The molecule has 0 radical (unpaired) electrons. The van der Waals surface area contributed by atoms with Crippen molar-refractivity contribution in [3.05, 3.63) is 35.4 Å². The molecule has 2 nitrogen and oxygen atoms in total. The van der Waals surface area contributed by atoms with Gasteiger partial charge in [0.05, 0.1) is 0 Å². The molecule has 0 bridgehead atoms. The maximum Gasteiger partial charge on any atom is 0.104 e. The molecule has 2 heteroatoms. The third-order valence-corrected chi connectivity index (χ3v) is 3.89. The van der Waals surface area contributed by atoms with Crippen LogP contribution in [-0.4, -0.2) is 29.7 Å². The van der Waals surface area contributed by atoms with Gasteiger partial charge in [0.1, 0.15) is 6.61 Å². The largest absolute Gasteiger partial charge is 0.384 e. The Balaban J connectivity index is 2.06. The molecule has 102 valence electrons. The molecular weight excluding hydrogens is 234 g/mol. The Morgan fingerprint density at radius 3 is 3.00 bits per heavy atom. The monoisotopic (exact) mass is 257 g/mol. The first-order valence-corrected chi connectivity index (χ1v) is 7.23. The van der Waals surface area contributed by atoms with Gasteiger partial charge in [0.25, 0.3) is 0 Å². The SMILES string of the molecule is CCC1CCCN(Cc2ccccc2C#CCO)C1. The van der Waals surface area contributed by atoms with Gasteiger partial charge in [-0.2, -0.15) is 0 Å². The zero-order valence-corrected chi connectivity index (χ0v) is 11.7. The molecule has 1 aliphatic heterocycles. The molecular formula is C17H23NO. The van der Waals surface area contributed by atoms with Crippen molar-refractivity contribution in [1.82, 2.24) is 4.90 Å². The van der Waals surface area contributed by atoms with Gasteiger partial charge in [-0.15, -0.1) is 0 Å². The predicted molar refractivity (Wildman–Crippen MR) is 78.7 cm³/mol. The maximum atomic E-state index is 8.82. The lowest BCUT2D eigenvalue weighted by molar-refractivity contribution is 0.164. The van der Waals surface area contributed by atoms with Crippen molar-refractivity contribution in [1.29, 1.82) is 0 Å². The van der Waals surface area contributed by atoms with Crippen molar-refractivity contribution in [2.45, 2.75) is 32.7 Å². The van der Waals surface area contributed by atoms with Crippen molar-refractivity contribution >= 4 is 0 Å². The number of benzene rings is 1. The first-order valence-electron chi connectivity index (χ1n) is 7.23. The van der Waals surface area contributed by atoms with Gasteiger partial charge in [0.15, 0.2) is 0 Å². The number of aliphatic hydroxyl groups excluding tert-OH is 1. The molecule has 1 saturated heterocycles. The predicted octanol–water partition coefficient (Wildman–Crippen LogP) is 2.65. The van der Waals surface area contributed by atoms with Gasteiger partial charge in [-0.25, -0.2) is 0 Å². The van der Waals surface area contributed by atoms with Crippen LogP contribution < -0.4 is 0 Å². The molecule has 0 aliphatic carbocycles. The minimum Gasteiger partial charge on any atom is -0.384 e. The molecule has 1 aliphatic rings. The number of likely N-dealkylation sites (tertiary alicyclic amines) is 1. The molecule has 0 spiro atoms. The van der Waals surface area contributed by atoms with Gasteiger partial charge in [-0.3, -0.25) is 4.90 Å². The Morgan fingerprint density at radius 2 is 2.21 bits per heavy atom. The van der Waals surface area contributed by atoms with E-state index in [-0.39, 0.29) is 6.61 Å². The number of nitrogens with zero attached hydrogens (tertiary/aromatic N) is 1. The lowest BCUT2D eigenvalue weighted by Gasteiger charge is -2.32. The fourth-order valence-electron chi connectivity index (χ4n) is 2.78. The molecule has 0 amide bonds. The van der Waals surface area contributed by atoms with E-state index in [1.807, 2.05) is 12.1 Å². The summed E-state index contributed by atoms with van der Waals surface area (Å²) in [4.78, 5) is 2.54. The number of rotatable bonds is 3. The fraction of sp³-hybridized carbons (Fsp3) is 0.529. The Labute approximate surface area is 116 Å². The highest BCUT2D eigenvalue weighted by atomic mass is 16.2. The molecule has 1 aromatic carbocycles. The van der Waals surface area contributed by atoms with Crippen LogP contribution in [0.25, 0.3) is 0 Å². The van der Waals surface area contributed by atoms with Gasteiger partial charge >= 0.3 is 0 Å². The highest BCUT2D eigenvalue weighted by Gasteiger charge is 2.18. The van der Waals surface area contributed by atoms with Crippen molar-refractivity contribution in [3.63, 3.8) is 0 Å². The number of hydrogen-bond acceptors (Lipinski definition) is 2. The van der Waals surface area contributed by atoms with E-state index in [1.165, 1.54) is 37.9 Å². The fourth-order valence-corrected chi connectivity index (χ4v) is 2.78. The Bertz CT molecular complexity index is 458. The van der Waals surface area contributed by atoms with Crippen LogP contribution >= 0.6 is 0 Å². The summed E-state index contributed by atoms with van der Waals surface area (Å²) < 4.78 is 0. The Morgan fingerprint density at radius 1 is 1.37 bits per heavy atom. The average molecular weight is 257 g/mol. The van der Waals surface area contributed by atoms with Gasteiger partial charge < -0.3 is 5.11 Å². The molecule has 19 heavy (non-hydrogen) atoms. The Hall–Kier alpha value is -1.30. The smallest absolute Gasteiger partial charge is 0.104 e. The van der Waals surface area contributed by atoms with Crippen LogP contribution in [0.15, 0.2) is 24.3 Å². The number of aliphatic hydroxyl groups is 1. The van der Waals surface area contributed by atoms with Gasteiger partial charge in [0.2, 0.25) is 0 Å². The van der Waals surface area contributed by atoms with Crippen LogP contribution in [0.2, 0.25) is 0 Å². The zero-order chi connectivity index (χ0) is 13.5. The van der Waals surface area contributed by atoms with Crippen LogP contribution in [-0.2, 0) is 6.54 Å². The van der Waals surface area contributed by atoms with Crippen molar-refractivity contribution in [3.8, 4) is 11.8 Å². The molecule has 1 atom stereocenters. The van der Waals surface area contributed by atoms with Crippen LogP contribution in [0, 0.1) is 17.8 Å². The van der Waals surface area contributed by atoms with Gasteiger partial charge in [-0.05, 0) is 36.9 Å². The summed E-state index contributed by atoms with van der Waals surface area (Å²) in [6, 6.07) is 8.27. The highest BCUT2D eigenvalue weighted by molar-refractivity contribution is 5.41. The lowest BCUT2D eigenvalue weighted by atomic mass is 9.95. The van der Waals surface area contributed by atoms with E-state index in [2.05, 4.69) is 35.8 Å². The number of hydrogen-bond donors (Lipinski definition) is 1. The first kappa shape index (κ1) is 14.1. The second-order valence-electron chi connectivity index (χ2n) is 5.27. The third-order valence-electron chi connectivity index (χ3n) is 3.89. The van der Waals surface area contributed by atoms with Crippen molar-refractivity contribution in [2.75, 3.05) is 19.7 Å². The maximum absolute atomic E-state index is 8.82. The molecule has 1 aromatic rings. The standard InChI is InChI=1S/C17H23NO/c1-2-15-7-5-11-18(13-15)14-17-9-4-3-8-16(17)10-6-12-19/h3-4,8-9,15,19H,2,5,7,11-14H2,1H3. The summed E-state index contributed by atoms with van der Waals surface area (Å²) in [5.74, 6) is 6.65. The van der Waals surface area contributed by atoms with Crippen molar-refractivity contribution < 1.29 is 5.11 Å². The minimum atomic E-state index is -0.0735. The van der Waals surface area contributed by atoms with E-state index < -0.39 is 0 Å². The van der Waals surface area contributed by atoms with Crippen LogP contribution in [0.4, 0.5) is 0 Å². The average Bonchev–Trinajstić information content (AvgIpc) is 2.46. The zero-order valence-electron chi connectivity index (χ0n) is 11.7. The Kier molecular flexibility index (Phi) is 5.44. The second-order valence-corrected chi connectivity index (χ2v) is 5.27. The summed E-state index contributed by atoms with van der Waals surface area (Å²) in [5, 5.41) is 8.82. The van der Waals surface area contributed by atoms with E-state index in [9.17, 15) is 0 Å². The molecule has 0 saturated carbocycles. The summed E-state index contributed by atoms with van der Waals surface area (Å²) in [6.07, 6.45) is 3.96. The molecule has 2 rings (SSSR count). The number of piperidine rings is 1. The van der Waals surface area contributed by atoms with E-state index in [0.717, 1.165) is 18.0 Å². The van der Waals surface area contributed by atoms with Crippen LogP contribution in [0.3, 0.4) is 0 Å². The summed E-state index contributed by atoms with van der Waals surface area (Å²) >= 11 is 0. The van der Waals surface area contributed by atoms with E-state index in [0.29, 0.717) is 0 Å². The normalized spacial score (nSPS) is 19.8. The van der Waals surface area contributed by atoms with Crippen LogP contribution in [0.1, 0.15) is 37.3 Å². The van der Waals surface area contributed by atoms with Crippen LogP contribution in [0.5, 0.6) is 0 Å². The lowest BCUT2D eigenvalue weighted by Crippen LogP contribution is -2.34. The summed E-state index contributed by atoms with van der Waals surface area (Å²) in [5.41, 5.74) is 2.33. The first-order chi connectivity index (χ1) is 9.33. The second kappa shape index (κ2) is 7.33. The highest BCUT2D eigenvalue weighted by Crippen LogP contribution is 2.21. The van der Waals surface area contributed by atoms with E-state index in [4.69, 9.17) is 5.11 Å². The van der Waals surface area contributed by atoms with Gasteiger partial charge in [-0.1, -0.05) is 43.4 Å². The topological polar surface area (TPSA) is 23.5 Å². The third kappa shape index (κ3) is 4.09. The van der Waals surface area contributed by atoms with E-state index >= 15 is 0 Å². The molecule has 1 N–H and O–H groups in total. The summed E-state index contributed by atoms with van der Waals surface area (Å²) in [6.45, 7) is 5.59. The quantitative estimate of drug-likeness (QED) is 0.842. The molecule has 1 unspecified atom stereocenters. The van der Waals surface area contributed by atoms with Crippen molar-refractivity contribution in [2.24, 2.45) is 5.92 Å². The minimum absolute atomic E-state index is 0.0735. The molecule has 1 heterocycles. The summed E-state index contributed by atoms with van der Waals surface area (Å²) in [7, 11) is 0. The van der Waals surface area contributed by atoms with Gasteiger partial charge in [0, 0.05) is 18.7 Å². The molecule has 1 fully saturated rings.